The van der Waals surface area contributed by atoms with Crippen molar-refractivity contribution >= 4 is 17.2 Å². The zero-order chi connectivity index (χ0) is 19.7. The van der Waals surface area contributed by atoms with Crippen LogP contribution in [0.2, 0.25) is 0 Å². The Morgan fingerprint density at radius 2 is 1.71 bits per heavy atom. The number of para-hydroxylation sites is 1. The van der Waals surface area contributed by atoms with Crippen LogP contribution in [0.1, 0.15) is 27.2 Å². The van der Waals surface area contributed by atoms with Crippen LogP contribution in [0, 0.1) is 25.2 Å². The maximum absolute atomic E-state index is 13.2. The van der Waals surface area contributed by atoms with Crippen LogP contribution in [0.3, 0.4) is 0 Å². The first-order chi connectivity index (χ1) is 13.6. The Balaban J connectivity index is 1.87. The maximum atomic E-state index is 13.2. The number of benzene rings is 2. The van der Waals surface area contributed by atoms with Gasteiger partial charge in [-0.3, -0.25) is 9.20 Å². The fourth-order valence-corrected chi connectivity index (χ4v) is 3.15. The van der Waals surface area contributed by atoms with Crippen LogP contribution in [0.25, 0.3) is 16.9 Å². The predicted octanol–water partition coefficient (Wildman–Crippen LogP) is 4.74. The van der Waals surface area contributed by atoms with Gasteiger partial charge in [0.1, 0.15) is 23.1 Å². The minimum absolute atomic E-state index is 0.309. The van der Waals surface area contributed by atoms with Crippen LogP contribution in [-0.2, 0) is 0 Å². The third kappa shape index (κ3) is 3.12. The molecular formula is C23H18N4O. The van der Waals surface area contributed by atoms with Crippen LogP contribution < -0.4 is 5.32 Å². The fourth-order valence-electron chi connectivity index (χ4n) is 3.15. The number of nitriles is 1. The minimum atomic E-state index is -0.309. The van der Waals surface area contributed by atoms with E-state index in [1.165, 1.54) is 0 Å². The summed E-state index contributed by atoms with van der Waals surface area (Å²) in [5.41, 5.74) is 5.66. The summed E-state index contributed by atoms with van der Waals surface area (Å²) in [6.45, 7) is 3.99. The number of fused-ring (bicyclic) bond motifs is 1. The van der Waals surface area contributed by atoms with Crippen molar-refractivity contribution < 1.29 is 4.79 Å². The first-order valence-electron chi connectivity index (χ1n) is 8.93. The fraction of sp³-hybridized carbons (Fsp3) is 0.0870. The van der Waals surface area contributed by atoms with Gasteiger partial charge in [0.05, 0.1) is 11.3 Å². The molecule has 1 amide bonds. The van der Waals surface area contributed by atoms with E-state index in [1.54, 1.807) is 28.7 Å². The first-order valence-corrected chi connectivity index (χ1v) is 8.93. The molecule has 5 heteroatoms. The van der Waals surface area contributed by atoms with E-state index in [9.17, 15) is 10.1 Å². The van der Waals surface area contributed by atoms with Crippen molar-refractivity contribution in [3.8, 4) is 17.3 Å². The number of nitrogens with one attached hydrogen (secondary N) is 1. The maximum Gasteiger partial charge on any atom is 0.275 e. The molecule has 28 heavy (non-hydrogen) atoms. The molecule has 0 bridgehead atoms. The quantitative estimate of drug-likeness (QED) is 0.569. The second-order valence-corrected chi connectivity index (χ2v) is 6.72. The van der Waals surface area contributed by atoms with E-state index in [0.29, 0.717) is 28.3 Å². The Hall–Kier alpha value is -3.91. The molecule has 0 spiro atoms. The Morgan fingerprint density at radius 1 is 1.00 bits per heavy atom. The van der Waals surface area contributed by atoms with Gasteiger partial charge >= 0.3 is 0 Å². The summed E-state index contributed by atoms with van der Waals surface area (Å²) in [5, 5.41) is 12.2. The van der Waals surface area contributed by atoms with Gasteiger partial charge in [0.2, 0.25) is 0 Å². The normalized spacial score (nSPS) is 10.6. The molecule has 0 unspecified atom stereocenters. The number of hydrogen-bond donors (Lipinski definition) is 1. The molecular weight excluding hydrogens is 348 g/mol. The van der Waals surface area contributed by atoms with Gasteiger partial charge in [-0.15, -0.1) is 0 Å². The predicted molar refractivity (Wildman–Crippen MR) is 109 cm³/mol. The van der Waals surface area contributed by atoms with Crippen LogP contribution in [0.5, 0.6) is 0 Å². The van der Waals surface area contributed by atoms with E-state index in [1.807, 2.05) is 56.4 Å². The second kappa shape index (κ2) is 7.01. The average molecular weight is 366 g/mol. The Bertz CT molecular complexity index is 1230. The lowest BCUT2D eigenvalue weighted by atomic mass is 10.1. The molecule has 0 radical (unpaired) electrons. The van der Waals surface area contributed by atoms with E-state index < -0.39 is 0 Å². The number of hydrogen-bond acceptors (Lipinski definition) is 3. The largest absolute Gasteiger partial charge is 0.319 e. The Labute approximate surface area is 162 Å². The van der Waals surface area contributed by atoms with Crippen molar-refractivity contribution in [2.24, 2.45) is 0 Å². The molecule has 2 heterocycles. The van der Waals surface area contributed by atoms with E-state index in [2.05, 4.69) is 11.4 Å². The number of carbonyl (C=O) groups excluding carboxylic acids is 1. The zero-order valence-corrected chi connectivity index (χ0v) is 15.6. The van der Waals surface area contributed by atoms with Crippen LogP contribution >= 0.6 is 0 Å². The van der Waals surface area contributed by atoms with Gasteiger partial charge in [-0.2, -0.15) is 5.26 Å². The van der Waals surface area contributed by atoms with Crippen molar-refractivity contribution in [3.63, 3.8) is 0 Å². The summed E-state index contributed by atoms with van der Waals surface area (Å²) < 4.78 is 1.80. The number of carbonyl (C=O) groups is 1. The molecule has 0 saturated carbocycles. The Kier molecular flexibility index (Phi) is 4.38. The van der Waals surface area contributed by atoms with E-state index in [-0.39, 0.29) is 5.91 Å². The van der Waals surface area contributed by atoms with Crippen LogP contribution in [0.4, 0.5) is 5.69 Å². The van der Waals surface area contributed by atoms with E-state index >= 15 is 0 Å². The lowest BCUT2D eigenvalue weighted by Crippen LogP contribution is -2.16. The molecule has 2 aromatic heterocycles. The van der Waals surface area contributed by atoms with Crippen molar-refractivity contribution in [3.05, 3.63) is 89.2 Å². The summed E-state index contributed by atoms with van der Waals surface area (Å²) in [6.07, 6.45) is 1.89. The highest BCUT2D eigenvalue weighted by Gasteiger charge is 2.21. The summed E-state index contributed by atoms with van der Waals surface area (Å²) >= 11 is 0. The first kappa shape index (κ1) is 17.5. The third-order valence-corrected chi connectivity index (χ3v) is 4.60. The second-order valence-electron chi connectivity index (χ2n) is 6.72. The van der Waals surface area contributed by atoms with Gasteiger partial charge in [-0.25, -0.2) is 4.98 Å². The zero-order valence-electron chi connectivity index (χ0n) is 15.6. The van der Waals surface area contributed by atoms with Crippen LogP contribution in [-0.4, -0.2) is 15.3 Å². The number of imidazole rings is 1. The van der Waals surface area contributed by atoms with E-state index in [4.69, 9.17) is 4.98 Å². The molecule has 0 aliphatic carbocycles. The summed E-state index contributed by atoms with van der Waals surface area (Å²) in [6, 6.07) is 20.8. The molecule has 4 rings (SSSR count). The average Bonchev–Trinajstić information content (AvgIpc) is 3.07. The van der Waals surface area contributed by atoms with Gasteiger partial charge in [0, 0.05) is 11.8 Å². The van der Waals surface area contributed by atoms with E-state index in [0.717, 1.165) is 16.7 Å². The van der Waals surface area contributed by atoms with Crippen LogP contribution in [0.15, 0.2) is 66.9 Å². The molecule has 0 aliphatic rings. The lowest BCUT2D eigenvalue weighted by Gasteiger charge is -2.09. The molecule has 0 fully saturated rings. The summed E-state index contributed by atoms with van der Waals surface area (Å²) in [7, 11) is 0. The summed E-state index contributed by atoms with van der Waals surface area (Å²) in [5.74, 6) is -0.309. The number of aromatic nitrogens is 2. The highest BCUT2D eigenvalue weighted by molar-refractivity contribution is 6.08. The number of aryl methyl sites for hydroxylation is 2. The van der Waals surface area contributed by atoms with Gasteiger partial charge in [0.25, 0.3) is 5.91 Å². The molecule has 1 N–H and O–H groups in total. The number of rotatable bonds is 3. The van der Waals surface area contributed by atoms with Crippen molar-refractivity contribution in [1.29, 1.82) is 5.26 Å². The number of amides is 1. The molecule has 4 aromatic rings. The van der Waals surface area contributed by atoms with Crippen molar-refractivity contribution in [2.45, 2.75) is 13.8 Å². The monoisotopic (exact) mass is 366 g/mol. The third-order valence-electron chi connectivity index (χ3n) is 4.60. The SMILES string of the molecule is Cc1ccc(-c2nc3ccc(C)cn3c2C(=O)Nc2ccccc2C#N)cc1. The highest BCUT2D eigenvalue weighted by Crippen LogP contribution is 2.27. The van der Waals surface area contributed by atoms with Gasteiger partial charge in [0.15, 0.2) is 0 Å². The molecule has 0 atom stereocenters. The topological polar surface area (TPSA) is 70.2 Å². The minimum Gasteiger partial charge on any atom is -0.319 e. The number of nitrogens with zero attached hydrogens (tertiary/aromatic N) is 3. The van der Waals surface area contributed by atoms with Gasteiger partial charge in [-0.05, 0) is 37.6 Å². The molecule has 0 aliphatic heterocycles. The highest BCUT2D eigenvalue weighted by atomic mass is 16.2. The van der Waals surface area contributed by atoms with Gasteiger partial charge in [-0.1, -0.05) is 48.0 Å². The van der Waals surface area contributed by atoms with Crippen molar-refractivity contribution in [2.75, 3.05) is 5.32 Å². The standard InChI is InChI=1S/C23H18N4O/c1-15-7-10-17(11-8-15)21-22(27-14-16(2)9-12-20(27)26-21)23(28)25-19-6-4-3-5-18(19)13-24/h3-12,14H,1-2H3,(H,25,28). The number of anilines is 1. The smallest absolute Gasteiger partial charge is 0.275 e. The summed E-state index contributed by atoms with van der Waals surface area (Å²) in [4.78, 5) is 17.9. The molecule has 5 nitrogen and oxygen atoms in total. The van der Waals surface area contributed by atoms with Crippen molar-refractivity contribution in [1.82, 2.24) is 9.38 Å². The lowest BCUT2D eigenvalue weighted by molar-refractivity contribution is 0.102. The Morgan fingerprint density at radius 3 is 2.46 bits per heavy atom. The molecule has 136 valence electrons. The van der Waals surface area contributed by atoms with Gasteiger partial charge < -0.3 is 5.32 Å². The number of pyridine rings is 1. The molecule has 0 saturated heterocycles. The molecule has 2 aromatic carbocycles.